The van der Waals surface area contributed by atoms with Gasteiger partial charge >= 0.3 is 0 Å². The monoisotopic (exact) mass is 300 g/mol. The predicted octanol–water partition coefficient (Wildman–Crippen LogP) is 1.53. The van der Waals surface area contributed by atoms with Gasteiger partial charge in [-0.15, -0.1) is 0 Å². The Hall–Kier alpha value is -1.13. The Kier molecular flexibility index (Phi) is 4.42. The van der Waals surface area contributed by atoms with E-state index in [1.54, 1.807) is 0 Å². The number of hydrogen-bond donors (Lipinski definition) is 1. The summed E-state index contributed by atoms with van der Waals surface area (Å²) in [7, 11) is -3.59. The Morgan fingerprint density at radius 3 is 2.89 bits per heavy atom. The highest BCUT2D eigenvalue weighted by Gasteiger charge is 2.20. The summed E-state index contributed by atoms with van der Waals surface area (Å²) in [5, 5.41) is 8.88. The molecule has 0 aromatic heterocycles. The Bertz CT molecular complexity index is 604. The molecule has 2 rings (SSSR count). The van der Waals surface area contributed by atoms with Gasteiger partial charge in [0.25, 0.3) is 0 Å². The normalized spacial score (nSPS) is 19.3. The van der Waals surface area contributed by atoms with Crippen molar-refractivity contribution in [3.63, 3.8) is 0 Å². The molecule has 1 fully saturated rings. The molecule has 1 aromatic carbocycles. The number of nitrogens with one attached hydrogen (secondary N) is 1. The first-order valence-corrected chi connectivity index (χ1v) is 7.66. The smallest absolute Gasteiger partial charge is 0.240 e. The van der Waals surface area contributed by atoms with E-state index in [1.807, 2.05) is 6.07 Å². The molecule has 1 saturated heterocycles. The van der Waals surface area contributed by atoms with Crippen molar-refractivity contribution in [2.45, 2.75) is 11.3 Å². The molecule has 0 amide bonds. The van der Waals surface area contributed by atoms with Crippen molar-refractivity contribution in [1.82, 2.24) is 4.72 Å². The zero-order chi connectivity index (χ0) is 13.9. The van der Waals surface area contributed by atoms with Gasteiger partial charge < -0.3 is 4.74 Å². The minimum absolute atomic E-state index is 0.0652. The fourth-order valence-electron chi connectivity index (χ4n) is 1.81. The molecule has 7 heteroatoms. The van der Waals surface area contributed by atoms with Gasteiger partial charge in [-0.1, -0.05) is 11.6 Å². The fourth-order valence-corrected chi connectivity index (χ4v) is 3.24. The molecule has 0 radical (unpaired) electrons. The summed E-state index contributed by atoms with van der Waals surface area (Å²) in [5.41, 5.74) is 0.254. The lowest BCUT2D eigenvalue weighted by molar-refractivity contribution is 0.186. The molecular formula is C12H13ClN2O3S. The van der Waals surface area contributed by atoms with E-state index in [-0.39, 0.29) is 21.4 Å². The van der Waals surface area contributed by atoms with Crippen LogP contribution < -0.4 is 4.72 Å². The summed E-state index contributed by atoms with van der Waals surface area (Å²) in [6.07, 6.45) is 0.858. The van der Waals surface area contributed by atoms with Crippen molar-refractivity contribution in [3.05, 3.63) is 28.8 Å². The zero-order valence-corrected chi connectivity index (χ0v) is 11.7. The molecule has 1 aromatic rings. The summed E-state index contributed by atoms with van der Waals surface area (Å²) in [4.78, 5) is 0.0652. The molecule has 5 nitrogen and oxygen atoms in total. The lowest BCUT2D eigenvalue weighted by atomic mass is 10.1. The van der Waals surface area contributed by atoms with Crippen LogP contribution in [0.3, 0.4) is 0 Å². The Morgan fingerprint density at radius 2 is 2.32 bits per heavy atom. The van der Waals surface area contributed by atoms with Crippen molar-refractivity contribution in [3.8, 4) is 6.07 Å². The molecular weight excluding hydrogens is 288 g/mol. The van der Waals surface area contributed by atoms with Gasteiger partial charge in [0, 0.05) is 13.2 Å². The van der Waals surface area contributed by atoms with Crippen LogP contribution in [0.25, 0.3) is 0 Å². The molecule has 1 heterocycles. The maximum absolute atomic E-state index is 12.0. The van der Waals surface area contributed by atoms with Gasteiger partial charge in [-0.3, -0.25) is 0 Å². The van der Waals surface area contributed by atoms with Crippen molar-refractivity contribution in [2.24, 2.45) is 5.92 Å². The highest BCUT2D eigenvalue weighted by Crippen LogP contribution is 2.20. The molecule has 1 aliphatic rings. The van der Waals surface area contributed by atoms with Crippen molar-refractivity contribution >= 4 is 21.6 Å². The van der Waals surface area contributed by atoms with Gasteiger partial charge in [-0.05, 0) is 30.5 Å². The molecule has 19 heavy (non-hydrogen) atoms. The summed E-state index contributed by atoms with van der Waals surface area (Å²) in [6.45, 7) is 1.60. The summed E-state index contributed by atoms with van der Waals surface area (Å²) in [6, 6.07) is 5.94. The Labute approximate surface area is 117 Å². The topological polar surface area (TPSA) is 79.2 Å². The molecule has 1 atom stereocenters. The maximum atomic E-state index is 12.0. The second kappa shape index (κ2) is 5.88. The van der Waals surface area contributed by atoms with Gasteiger partial charge in [0.2, 0.25) is 10.0 Å². The molecule has 102 valence electrons. The molecule has 0 aliphatic carbocycles. The summed E-state index contributed by atoms with van der Waals surface area (Å²) >= 11 is 5.83. The number of halogens is 1. The van der Waals surface area contributed by atoms with E-state index < -0.39 is 10.0 Å². The van der Waals surface area contributed by atoms with E-state index in [0.29, 0.717) is 19.8 Å². The third kappa shape index (κ3) is 3.45. The van der Waals surface area contributed by atoms with E-state index >= 15 is 0 Å². The standard InChI is InChI=1S/C12H13ClN2O3S/c13-12-5-11(2-1-10(12)6-14)19(16,17)15-7-9-3-4-18-8-9/h1-2,5,9,15H,3-4,7-8H2/t9-/m1/s1. The van der Waals surface area contributed by atoms with Gasteiger partial charge in [0.05, 0.1) is 22.1 Å². The van der Waals surface area contributed by atoms with Crippen LogP contribution in [0.1, 0.15) is 12.0 Å². The van der Waals surface area contributed by atoms with Crippen LogP contribution in [0.4, 0.5) is 0 Å². The minimum atomic E-state index is -3.59. The number of hydrogen-bond acceptors (Lipinski definition) is 4. The third-order valence-electron chi connectivity index (χ3n) is 2.96. The van der Waals surface area contributed by atoms with E-state index in [4.69, 9.17) is 21.6 Å². The number of nitriles is 1. The van der Waals surface area contributed by atoms with E-state index in [9.17, 15) is 8.42 Å². The van der Waals surface area contributed by atoms with Crippen LogP contribution in [0.2, 0.25) is 5.02 Å². The van der Waals surface area contributed by atoms with Gasteiger partial charge in [0.15, 0.2) is 0 Å². The van der Waals surface area contributed by atoms with Gasteiger partial charge in [-0.2, -0.15) is 5.26 Å². The second-order valence-corrected chi connectivity index (χ2v) is 6.51. The largest absolute Gasteiger partial charge is 0.381 e. The van der Waals surface area contributed by atoms with Crippen LogP contribution in [0.15, 0.2) is 23.1 Å². The first-order valence-electron chi connectivity index (χ1n) is 5.80. The number of ether oxygens (including phenoxy) is 1. The van der Waals surface area contributed by atoms with E-state index in [2.05, 4.69) is 4.72 Å². The van der Waals surface area contributed by atoms with Crippen LogP contribution in [-0.2, 0) is 14.8 Å². The lowest BCUT2D eigenvalue weighted by Gasteiger charge is -2.10. The predicted molar refractivity (Wildman–Crippen MR) is 70.3 cm³/mol. The average Bonchev–Trinajstić information content (AvgIpc) is 2.89. The van der Waals surface area contributed by atoms with E-state index in [1.165, 1.54) is 18.2 Å². The van der Waals surface area contributed by atoms with Crippen molar-refractivity contribution < 1.29 is 13.2 Å². The summed E-state index contributed by atoms with van der Waals surface area (Å²) < 4.78 is 31.8. The quantitative estimate of drug-likeness (QED) is 0.914. The summed E-state index contributed by atoms with van der Waals surface area (Å²) in [5.74, 6) is 0.212. The number of nitrogens with zero attached hydrogens (tertiary/aromatic N) is 1. The first kappa shape index (κ1) is 14.3. The molecule has 0 spiro atoms. The molecule has 0 saturated carbocycles. The molecule has 0 unspecified atom stereocenters. The molecule has 0 bridgehead atoms. The van der Waals surface area contributed by atoms with Crippen LogP contribution in [0, 0.1) is 17.2 Å². The van der Waals surface area contributed by atoms with Crippen LogP contribution >= 0.6 is 11.6 Å². The van der Waals surface area contributed by atoms with Crippen LogP contribution in [-0.4, -0.2) is 28.2 Å². The second-order valence-electron chi connectivity index (χ2n) is 4.33. The number of rotatable bonds is 4. The van der Waals surface area contributed by atoms with Crippen LogP contribution in [0.5, 0.6) is 0 Å². The highest BCUT2D eigenvalue weighted by molar-refractivity contribution is 7.89. The number of benzene rings is 1. The van der Waals surface area contributed by atoms with E-state index in [0.717, 1.165) is 6.42 Å². The average molecular weight is 301 g/mol. The number of sulfonamides is 1. The third-order valence-corrected chi connectivity index (χ3v) is 4.69. The maximum Gasteiger partial charge on any atom is 0.240 e. The zero-order valence-electron chi connectivity index (χ0n) is 10.1. The fraction of sp³-hybridized carbons (Fsp3) is 0.417. The lowest BCUT2D eigenvalue weighted by Crippen LogP contribution is -2.29. The van der Waals surface area contributed by atoms with Crippen molar-refractivity contribution in [2.75, 3.05) is 19.8 Å². The minimum Gasteiger partial charge on any atom is -0.381 e. The molecule has 1 aliphatic heterocycles. The van der Waals surface area contributed by atoms with Crippen molar-refractivity contribution in [1.29, 1.82) is 5.26 Å². The Morgan fingerprint density at radius 1 is 1.53 bits per heavy atom. The van der Waals surface area contributed by atoms with Gasteiger partial charge in [-0.25, -0.2) is 13.1 Å². The first-order chi connectivity index (χ1) is 9.03. The Balaban J connectivity index is 2.10. The molecule has 1 N–H and O–H groups in total. The highest BCUT2D eigenvalue weighted by atomic mass is 35.5. The SMILES string of the molecule is N#Cc1ccc(S(=O)(=O)NC[C@H]2CCOC2)cc1Cl. The van der Waals surface area contributed by atoms with Gasteiger partial charge in [0.1, 0.15) is 6.07 Å².